The molecule has 5 heteroatoms. The summed E-state index contributed by atoms with van der Waals surface area (Å²) in [7, 11) is 0. The number of rotatable bonds is 8. The fourth-order valence-corrected chi connectivity index (χ4v) is 5.46. The minimum atomic E-state index is -0.0690. The Morgan fingerprint density at radius 3 is 2.52 bits per heavy atom. The lowest BCUT2D eigenvalue weighted by Gasteiger charge is -2.26. The van der Waals surface area contributed by atoms with Gasteiger partial charge in [-0.25, -0.2) is 4.98 Å². The van der Waals surface area contributed by atoms with E-state index in [1.54, 1.807) is 11.3 Å². The Morgan fingerprint density at radius 1 is 1.03 bits per heavy atom. The molecule has 1 aliphatic rings. The molecular formula is C26H31N3OS. The van der Waals surface area contributed by atoms with Crippen LogP contribution in [0.1, 0.15) is 48.7 Å². The second kappa shape index (κ2) is 10.2. The first-order valence-corrected chi connectivity index (χ1v) is 12.1. The highest BCUT2D eigenvalue weighted by Crippen LogP contribution is 2.38. The van der Waals surface area contributed by atoms with Crippen molar-refractivity contribution in [1.29, 1.82) is 0 Å². The number of nitrogens with one attached hydrogen (secondary N) is 1. The van der Waals surface area contributed by atoms with Crippen molar-refractivity contribution in [3.05, 3.63) is 76.8 Å². The summed E-state index contributed by atoms with van der Waals surface area (Å²) in [5, 5.41) is 4.31. The molecule has 2 unspecified atom stereocenters. The zero-order valence-corrected chi connectivity index (χ0v) is 19.2. The average molecular weight is 434 g/mol. The first-order chi connectivity index (χ1) is 15.2. The summed E-state index contributed by atoms with van der Waals surface area (Å²) in [5.41, 5.74) is 3.52. The Hall–Kier alpha value is -2.50. The fraction of sp³-hybridized carbons (Fsp3) is 0.385. The third kappa shape index (κ3) is 5.05. The highest BCUT2D eigenvalue weighted by Gasteiger charge is 2.32. The largest absolute Gasteiger partial charge is 0.352 e. The van der Waals surface area contributed by atoms with E-state index in [4.69, 9.17) is 4.98 Å². The number of hydrogen-bond donors (Lipinski definition) is 1. The van der Waals surface area contributed by atoms with Gasteiger partial charge < -0.3 is 5.32 Å². The molecule has 0 fully saturated rings. The molecule has 0 aliphatic heterocycles. The number of amides is 1. The van der Waals surface area contributed by atoms with Crippen LogP contribution in [0.3, 0.4) is 0 Å². The highest BCUT2D eigenvalue weighted by molar-refractivity contribution is 7.18. The number of para-hydroxylation sites is 1. The highest BCUT2D eigenvalue weighted by atomic mass is 32.1. The lowest BCUT2D eigenvalue weighted by Crippen LogP contribution is -2.35. The summed E-state index contributed by atoms with van der Waals surface area (Å²) in [6.45, 7) is 7.91. The van der Waals surface area contributed by atoms with Crippen molar-refractivity contribution in [3.8, 4) is 0 Å². The predicted octanol–water partition coefficient (Wildman–Crippen LogP) is 5.50. The predicted molar refractivity (Wildman–Crippen MR) is 129 cm³/mol. The van der Waals surface area contributed by atoms with Crippen molar-refractivity contribution in [3.63, 3.8) is 0 Å². The van der Waals surface area contributed by atoms with Gasteiger partial charge in [-0.2, -0.15) is 0 Å². The van der Waals surface area contributed by atoms with E-state index in [9.17, 15) is 4.79 Å². The number of nitrogens with zero attached hydrogens (tertiary/aromatic N) is 2. The molecule has 0 saturated heterocycles. The van der Waals surface area contributed by atoms with E-state index in [1.807, 2.05) is 12.1 Å². The van der Waals surface area contributed by atoms with Gasteiger partial charge in [-0.05, 0) is 49.2 Å². The van der Waals surface area contributed by atoms with Gasteiger partial charge in [0.2, 0.25) is 5.91 Å². The molecule has 0 saturated carbocycles. The lowest BCUT2D eigenvalue weighted by molar-refractivity contribution is -0.125. The molecule has 1 heterocycles. The third-order valence-corrected chi connectivity index (χ3v) is 7.42. The maximum atomic E-state index is 13.2. The van der Waals surface area contributed by atoms with Crippen LogP contribution in [-0.2, 0) is 17.9 Å². The van der Waals surface area contributed by atoms with Crippen LogP contribution in [0, 0.1) is 5.92 Å². The van der Waals surface area contributed by atoms with Gasteiger partial charge in [-0.3, -0.25) is 9.69 Å². The van der Waals surface area contributed by atoms with Gasteiger partial charge in [0, 0.05) is 19.0 Å². The molecule has 1 aliphatic carbocycles. The van der Waals surface area contributed by atoms with E-state index in [2.05, 4.69) is 72.6 Å². The first kappa shape index (κ1) is 21.7. The second-order valence-corrected chi connectivity index (χ2v) is 9.19. The molecule has 1 N–H and O–H groups in total. The number of benzene rings is 2. The molecule has 2 atom stereocenters. The number of fused-ring (bicyclic) bond motifs is 1. The zero-order valence-electron chi connectivity index (χ0n) is 18.4. The SMILES string of the molecule is CCN(CC)Cc1ccccc1CNC(=O)C1CC=CCC1c1nc2ccccc2s1. The van der Waals surface area contributed by atoms with Crippen molar-refractivity contribution >= 4 is 27.5 Å². The molecule has 1 aromatic heterocycles. The monoisotopic (exact) mass is 433 g/mol. The number of aromatic nitrogens is 1. The normalized spacial score (nSPS) is 18.5. The van der Waals surface area contributed by atoms with Crippen molar-refractivity contribution in [2.45, 2.75) is 45.7 Å². The number of carbonyl (C=O) groups excluding carboxylic acids is 1. The topological polar surface area (TPSA) is 45.2 Å². The lowest BCUT2D eigenvalue weighted by atomic mass is 9.82. The Morgan fingerprint density at radius 2 is 1.74 bits per heavy atom. The van der Waals surface area contributed by atoms with E-state index < -0.39 is 0 Å². The van der Waals surface area contributed by atoms with Gasteiger partial charge in [0.05, 0.1) is 21.1 Å². The van der Waals surface area contributed by atoms with Crippen LogP contribution in [0.15, 0.2) is 60.7 Å². The van der Waals surface area contributed by atoms with Crippen molar-refractivity contribution in [2.75, 3.05) is 13.1 Å². The van der Waals surface area contributed by atoms with Crippen LogP contribution in [0.5, 0.6) is 0 Å². The number of thiazole rings is 1. The molecule has 0 bridgehead atoms. The standard InChI is InChI=1S/C26H31N3OS/c1-3-29(4-2)18-20-12-6-5-11-19(20)17-27-25(30)21-13-7-8-14-22(21)26-28-23-15-9-10-16-24(23)31-26/h5-12,15-16,21-22H,3-4,13-14,17-18H2,1-2H3,(H,27,30). The Balaban J connectivity index is 1.47. The first-order valence-electron chi connectivity index (χ1n) is 11.3. The van der Waals surface area contributed by atoms with Gasteiger partial charge in [-0.1, -0.05) is 62.4 Å². The van der Waals surface area contributed by atoms with Gasteiger partial charge >= 0.3 is 0 Å². The van der Waals surface area contributed by atoms with E-state index in [-0.39, 0.29) is 17.7 Å². The molecule has 0 spiro atoms. The summed E-state index contributed by atoms with van der Waals surface area (Å²) >= 11 is 1.72. The molecule has 1 amide bonds. The maximum absolute atomic E-state index is 13.2. The molecular weight excluding hydrogens is 402 g/mol. The van der Waals surface area contributed by atoms with E-state index >= 15 is 0 Å². The minimum Gasteiger partial charge on any atom is -0.352 e. The average Bonchev–Trinajstić information content (AvgIpc) is 3.26. The van der Waals surface area contributed by atoms with Crippen LogP contribution < -0.4 is 5.32 Å². The Kier molecular flexibility index (Phi) is 7.15. The van der Waals surface area contributed by atoms with Crippen LogP contribution in [0.2, 0.25) is 0 Å². The van der Waals surface area contributed by atoms with E-state index in [0.29, 0.717) is 6.54 Å². The summed E-state index contributed by atoms with van der Waals surface area (Å²) in [4.78, 5) is 20.5. The zero-order chi connectivity index (χ0) is 21.6. The fourth-order valence-electron chi connectivity index (χ4n) is 4.31. The maximum Gasteiger partial charge on any atom is 0.224 e. The Labute approximate surface area is 189 Å². The molecule has 4 nitrogen and oxygen atoms in total. The summed E-state index contributed by atoms with van der Waals surface area (Å²) in [6, 6.07) is 16.7. The van der Waals surface area contributed by atoms with Crippen LogP contribution >= 0.6 is 11.3 Å². The van der Waals surface area contributed by atoms with E-state index in [0.717, 1.165) is 43.0 Å². The number of allylic oxidation sites excluding steroid dienone is 2. The molecule has 2 aromatic carbocycles. The third-order valence-electron chi connectivity index (χ3n) is 6.26. The molecule has 162 valence electrons. The summed E-state index contributed by atoms with van der Waals surface area (Å²) in [6.07, 6.45) is 5.98. The number of hydrogen-bond acceptors (Lipinski definition) is 4. The van der Waals surface area contributed by atoms with Crippen LogP contribution in [-0.4, -0.2) is 28.9 Å². The second-order valence-electron chi connectivity index (χ2n) is 8.12. The smallest absolute Gasteiger partial charge is 0.224 e. The molecule has 31 heavy (non-hydrogen) atoms. The molecule has 3 aromatic rings. The van der Waals surface area contributed by atoms with Crippen molar-refractivity contribution in [1.82, 2.24) is 15.2 Å². The Bertz CT molecular complexity index is 1020. The van der Waals surface area contributed by atoms with Crippen molar-refractivity contribution < 1.29 is 4.79 Å². The summed E-state index contributed by atoms with van der Waals surface area (Å²) in [5.74, 6) is 0.208. The molecule has 4 rings (SSSR count). The van der Waals surface area contributed by atoms with E-state index in [1.165, 1.54) is 15.8 Å². The quantitative estimate of drug-likeness (QED) is 0.477. The summed E-state index contributed by atoms with van der Waals surface area (Å²) < 4.78 is 1.19. The number of carbonyl (C=O) groups is 1. The minimum absolute atomic E-state index is 0.0690. The van der Waals surface area contributed by atoms with Crippen molar-refractivity contribution in [2.24, 2.45) is 5.92 Å². The van der Waals surface area contributed by atoms with Gasteiger partial charge in [-0.15, -0.1) is 11.3 Å². The van der Waals surface area contributed by atoms with Crippen LogP contribution in [0.4, 0.5) is 0 Å². The van der Waals surface area contributed by atoms with Crippen LogP contribution in [0.25, 0.3) is 10.2 Å². The van der Waals surface area contributed by atoms with Gasteiger partial charge in [0.25, 0.3) is 0 Å². The van der Waals surface area contributed by atoms with Gasteiger partial charge in [0.15, 0.2) is 0 Å². The van der Waals surface area contributed by atoms with Gasteiger partial charge in [0.1, 0.15) is 0 Å². The molecule has 0 radical (unpaired) electrons.